The molecule has 0 saturated heterocycles. The number of benzene rings is 1. The number of aromatic carboxylic acids is 2. The topological polar surface area (TPSA) is 74.6 Å². The Hall–Kier alpha value is -1.84. The van der Waals surface area contributed by atoms with Gasteiger partial charge < -0.3 is 10.2 Å². The van der Waals surface area contributed by atoms with Gasteiger partial charge in [0.1, 0.15) is 0 Å². The van der Waals surface area contributed by atoms with E-state index in [2.05, 4.69) is 13.8 Å². The van der Waals surface area contributed by atoms with Crippen LogP contribution in [0.2, 0.25) is 0 Å². The van der Waals surface area contributed by atoms with Gasteiger partial charge in [-0.1, -0.05) is 116 Å². The molecule has 1 aromatic carbocycles. The van der Waals surface area contributed by atoms with Crippen molar-refractivity contribution in [2.75, 3.05) is 0 Å². The van der Waals surface area contributed by atoms with E-state index in [-0.39, 0.29) is 11.1 Å². The third-order valence-electron chi connectivity index (χ3n) is 6.68. The molecule has 0 spiro atoms. The fourth-order valence-electron chi connectivity index (χ4n) is 4.67. The van der Waals surface area contributed by atoms with Crippen LogP contribution in [0.1, 0.15) is 155 Å². The second kappa shape index (κ2) is 18.6. The van der Waals surface area contributed by atoms with E-state index in [0.717, 1.165) is 43.2 Å². The Kier molecular flexibility index (Phi) is 16.4. The normalized spacial score (nSPS) is 11.1. The summed E-state index contributed by atoms with van der Waals surface area (Å²) in [7, 11) is 0. The number of rotatable bonds is 21. The molecule has 0 amide bonds. The summed E-state index contributed by atoms with van der Waals surface area (Å²) in [6, 6.07) is 3.29. The molecule has 0 aliphatic heterocycles. The van der Waals surface area contributed by atoms with Crippen LogP contribution in [-0.2, 0) is 12.8 Å². The summed E-state index contributed by atoms with van der Waals surface area (Å²) < 4.78 is 0. The summed E-state index contributed by atoms with van der Waals surface area (Å²) in [5, 5.41) is 19.2. The van der Waals surface area contributed by atoms with Gasteiger partial charge in [-0.2, -0.15) is 0 Å². The molecule has 1 rings (SSSR count). The van der Waals surface area contributed by atoms with E-state index in [1.165, 1.54) is 89.5 Å². The zero-order valence-corrected chi connectivity index (χ0v) is 21.3. The number of aryl methyl sites for hydroxylation is 1. The van der Waals surface area contributed by atoms with Crippen LogP contribution >= 0.6 is 0 Å². The van der Waals surface area contributed by atoms with E-state index < -0.39 is 11.9 Å². The summed E-state index contributed by atoms with van der Waals surface area (Å²) in [6.07, 6.45) is 22.9. The second-order valence-electron chi connectivity index (χ2n) is 9.54. The Balaban J connectivity index is 2.31. The first-order chi connectivity index (χ1) is 16.0. The molecular weight excluding hydrogens is 412 g/mol. The van der Waals surface area contributed by atoms with Gasteiger partial charge in [0.25, 0.3) is 0 Å². The molecule has 0 aromatic heterocycles. The van der Waals surface area contributed by atoms with Crippen LogP contribution in [0.5, 0.6) is 0 Å². The molecule has 0 aliphatic rings. The molecule has 1 aromatic rings. The van der Waals surface area contributed by atoms with Crippen molar-refractivity contribution in [3.05, 3.63) is 34.4 Å². The van der Waals surface area contributed by atoms with Crippen molar-refractivity contribution in [2.24, 2.45) is 0 Å². The van der Waals surface area contributed by atoms with Crippen LogP contribution in [-0.4, -0.2) is 22.2 Å². The van der Waals surface area contributed by atoms with Crippen LogP contribution in [0.4, 0.5) is 0 Å². The molecule has 0 radical (unpaired) electrons. The van der Waals surface area contributed by atoms with Gasteiger partial charge >= 0.3 is 11.9 Å². The molecule has 0 fully saturated rings. The highest BCUT2D eigenvalue weighted by Crippen LogP contribution is 2.24. The number of hydrogen-bond acceptors (Lipinski definition) is 2. The first-order valence-electron chi connectivity index (χ1n) is 13.6. The van der Waals surface area contributed by atoms with Gasteiger partial charge in [0.15, 0.2) is 0 Å². The smallest absolute Gasteiger partial charge is 0.336 e. The average Bonchev–Trinajstić information content (AvgIpc) is 2.79. The lowest BCUT2D eigenvalue weighted by Crippen LogP contribution is -2.14. The maximum absolute atomic E-state index is 11.9. The van der Waals surface area contributed by atoms with Gasteiger partial charge in [-0.05, 0) is 42.9 Å². The number of carboxylic acids is 2. The fourth-order valence-corrected chi connectivity index (χ4v) is 4.67. The molecule has 4 heteroatoms. The van der Waals surface area contributed by atoms with E-state index in [1.54, 1.807) is 0 Å². The number of carbonyl (C=O) groups is 2. The summed E-state index contributed by atoms with van der Waals surface area (Å²) in [5.74, 6) is -2.28. The first-order valence-corrected chi connectivity index (χ1v) is 13.6. The van der Waals surface area contributed by atoms with Crippen molar-refractivity contribution in [3.8, 4) is 0 Å². The molecule has 0 unspecified atom stereocenters. The van der Waals surface area contributed by atoms with E-state index in [0.29, 0.717) is 6.42 Å². The van der Waals surface area contributed by atoms with E-state index in [1.807, 2.05) is 6.07 Å². The van der Waals surface area contributed by atoms with Gasteiger partial charge in [0, 0.05) is 0 Å². The van der Waals surface area contributed by atoms with Gasteiger partial charge in [-0.15, -0.1) is 0 Å². The van der Waals surface area contributed by atoms with Crippen molar-refractivity contribution in [1.82, 2.24) is 0 Å². The van der Waals surface area contributed by atoms with Gasteiger partial charge in [0.05, 0.1) is 11.1 Å². The summed E-state index contributed by atoms with van der Waals surface area (Å²) >= 11 is 0. The average molecular weight is 461 g/mol. The molecular formula is C29H48O4. The highest BCUT2D eigenvalue weighted by Gasteiger charge is 2.22. The summed E-state index contributed by atoms with van der Waals surface area (Å²) in [5.41, 5.74) is 1.66. The highest BCUT2D eigenvalue weighted by atomic mass is 16.4. The quantitative estimate of drug-likeness (QED) is 0.180. The Bertz CT molecular complexity index is 680. The standard InChI is InChI=1S/C29H48O4/c1-3-5-7-8-9-10-11-12-13-14-15-16-17-18-19-21-25-24(20-6-4-2)22-23-26(28(30)31)27(25)29(32)33/h22-23H,3-21H2,1-2H3,(H,30,31)(H,32,33). The molecule has 33 heavy (non-hydrogen) atoms. The Morgan fingerprint density at radius 3 is 1.45 bits per heavy atom. The van der Waals surface area contributed by atoms with Crippen molar-refractivity contribution < 1.29 is 19.8 Å². The van der Waals surface area contributed by atoms with Crippen molar-refractivity contribution in [3.63, 3.8) is 0 Å². The van der Waals surface area contributed by atoms with Crippen molar-refractivity contribution in [1.29, 1.82) is 0 Å². The van der Waals surface area contributed by atoms with Crippen LogP contribution in [0.15, 0.2) is 12.1 Å². The first kappa shape index (κ1) is 29.2. The maximum atomic E-state index is 11.9. The number of unbranched alkanes of at least 4 members (excludes halogenated alkanes) is 15. The number of carboxylic acid groups (broad SMARTS) is 2. The number of hydrogen-bond donors (Lipinski definition) is 2. The minimum absolute atomic E-state index is 0.00136. The monoisotopic (exact) mass is 460 g/mol. The minimum Gasteiger partial charge on any atom is -0.478 e. The lowest BCUT2D eigenvalue weighted by Gasteiger charge is -2.15. The zero-order chi connectivity index (χ0) is 24.3. The van der Waals surface area contributed by atoms with Crippen molar-refractivity contribution in [2.45, 2.75) is 136 Å². The Morgan fingerprint density at radius 2 is 1.03 bits per heavy atom. The molecule has 0 aliphatic carbocycles. The van der Waals surface area contributed by atoms with Gasteiger partial charge in [0.2, 0.25) is 0 Å². The zero-order valence-electron chi connectivity index (χ0n) is 21.3. The molecule has 0 bridgehead atoms. The van der Waals surface area contributed by atoms with Crippen LogP contribution in [0.3, 0.4) is 0 Å². The molecule has 0 heterocycles. The molecule has 0 saturated carbocycles. The van der Waals surface area contributed by atoms with Crippen molar-refractivity contribution >= 4 is 11.9 Å². The third kappa shape index (κ3) is 12.3. The largest absolute Gasteiger partial charge is 0.478 e. The van der Waals surface area contributed by atoms with Gasteiger partial charge in [-0.25, -0.2) is 9.59 Å². The molecule has 0 atom stereocenters. The van der Waals surface area contributed by atoms with Crippen LogP contribution < -0.4 is 0 Å². The van der Waals surface area contributed by atoms with Crippen LogP contribution in [0, 0.1) is 0 Å². The maximum Gasteiger partial charge on any atom is 0.336 e. The molecule has 2 N–H and O–H groups in total. The Morgan fingerprint density at radius 1 is 0.576 bits per heavy atom. The van der Waals surface area contributed by atoms with E-state index in [4.69, 9.17) is 0 Å². The van der Waals surface area contributed by atoms with E-state index >= 15 is 0 Å². The third-order valence-corrected chi connectivity index (χ3v) is 6.68. The Labute approximate surface area is 202 Å². The second-order valence-corrected chi connectivity index (χ2v) is 9.54. The predicted octanol–water partition coefficient (Wildman–Crippen LogP) is 8.84. The summed E-state index contributed by atoms with van der Waals surface area (Å²) in [4.78, 5) is 23.4. The molecule has 4 nitrogen and oxygen atoms in total. The van der Waals surface area contributed by atoms with Gasteiger partial charge in [-0.3, -0.25) is 0 Å². The SMILES string of the molecule is CCCCCCCCCCCCCCCCCc1c(CCCC)ccc(C(=O)O)c1C(=O)O. The summed E-state index contributed by atoms with van der Waals surface area (Å²) in [6.45, 7) is 4.37. The fraction of sp³-hybridized carbons (Fsp3) is 0.724. The van der Waals surface area contributed by atoms with E-state index in [9.17, 15) is 19.8 Å². The minimum atomic E-state index is -1.16. The lowest BCUT2D eigenvalue weighted by atomic mass is 9.89. The lowest BCUT2D eigenvalue weighted by molar-refractivity contribution is 0.0650. The highest BCUT2D eigenvalue weighted by molar-refractivity contribution is 6.03. The molecule has 188 valence electrons. The predicted molar refractivity (Wildman–Crippen MR) is 138 cm³/mol. The van der Waals surface area contributed by atoms with Crippen LogP contribution in [0.25, 0.3) is 0 Å².